The standard InChI is InChI=1S/C33H40F2N2O5/c1-19-7-5-6-8-21(19)15-37-27-11-25-26(34)10-24-23-9-20(2)33(31(41-18-42-33)16-39-17-40-31)30(23,4)13-28(38)32(24,35)29(25,3)12-22(27)14-36-37/h5-8,11,14,20,23-24,26,28,38H,9-10,12-13,15-18H2,1-4H3/t20-,23-,24-,26-,28-,29-,30-,31?,32-,33+/m0/s1. The number of halogens is 2. The van der Waals surface area contributed by atoms with E-state index in [1.165, 1.54) is 0 Å². The van der Waals surface area contributed by atoms with E-state index in [4.69, 9.17) is 18.9 Å². The normalized spacial score (nSPS) is 47.3. The van der Waals surface area contributed by atoms with Crippen LogP contribution in [0, 0.1) is 35.5 Å². The van der Waals surface area contributed by atoms with Crippen LogP contribution < -0.4 is 0 Å². The average Bonchev–Trinajstić information content (AvgIpc) is 3.72. The van der Waals surface area contributed by atoms with Crippen molar-refractivity contribution >= 4 is 6.08 Å². The molecule has 6 aliphatic rings. The zero-order valence-corrected chi connectivity index (χ0v) is 24.7. The summed E-state index contributed by atoms with van der Waals surface area (Å²) in [6.07, 6.45) is 2.08. The van der Waals surface area contributed by atoms with Crippen LogP contribution in [0.25, 0.3) is 6.08 Å². The number of hydrogen-bond donors (Lipinski definition) is 1. The SMILES string of the molecule is Cc1ccccc1Cn1ncc2c1C=C1[C@@H](F)C[C@H]3[C@@H]4C[C@H](C)[C@@]5(OCOC56COCO6)[C@@]4(C)C[C@H](O)[C@]3(F)[C@@]1(C)C2. The lowest BCUT2D eigenvalue weighted by atomic mass is 9.43. The van der Waals surface area contributed by atoms with Crippen molar-refractivity contribution < 1.29 is 32.8 Å². The summed E-state index contributed by atoms with van der Waals surface area (Å²) in [6.45, 7) is 8.96. The smallest absolute Gasteiger partial charge is 0.227 e. The first-order valence-corrected chi connectivity index (χ1v) is 15.3. The van der Waals surface area contributed by atoms with E-state index in [-0.39, 0.29) is 51.3 Å². The number of ether oxygens (including phenoxy) is 4. The number of nitrogens with zero attached hydrogens (tertiary/aromatic N) is 2. The first-order valence-electron chi connectivity index (χ1n) is 15.3. The Hall–Kier alpha value is -2.17. The lowest BCUT2D eigenvalue weighted by Gasteiger charge is -2.64. The highest BCUT2D eigenvalue weighted by Crippen LogP contribution is 2.74. The van der Waals surface area contributed by atoms with Gasteiger partial charge in [0.05, 0.1) is 24.5 Å². The largest absolute Gasteiger partial charge is 0.390 e. The molecule has 0 radical (unpaired) electrons. The summed E-state index contributed by atoms with van der Waals surface area (Å²) in [5, 5.41) is 16.7. The van der Waals surface area contributed by atoms with Gasteiger partial charge in [0.25, 0.3) is 0 Å². The number of fused-ring (bicyclic) bond motifs is 8. The van der Waals surface area contributed by atoms with Crippen molar-refractivity contribution in [3.05, 3.63) is 58.4 Å². The topological polar surface area (TPSA) is 75.0 Å². The van der Waals surface area contributed by atoms with E-state index in [1.54, 1.807) is 6.20 Å². The maximum Gasteiger partial charge on any atom is 0.227 e. The summed E-state index contributed by atoms with van der Waals surface area (Å²) in [5.41, 5.74) is -0.413. The van der Waals surface area contributed by atoms with Crippen LogP contribution in [0.2, 0.25) is 0 Å². The third-order valence-electron chi connectivity index (χ3n) is 12.6. The van der Waals surface area contributed by atoms with Crippen molar-refractivity contribution in [2.45, 2.75) is 89.3 Å². The van der Waals surface area contributed by atoms with Crippen molar-refractivity contribution in [3.8, 4) is 0 Å². The Kier molecular flexibility index (Phi) is 5.69. The maximum absolute atomic E-state index is 18.2. The number of aliphatic hydroxyl groups is 1. The van der Waals surface area contributed by atoms with Crippen LogP contribution in [0.4, 0.5) is 8.78 Å². The third kappa shape index (κ3) is 3.04. The Morgan fingerprint density at radius 2 is 1.88 bits per heavy atom. The summed E-state index contributed by atoms with van der Waals surface area (Å²) in [4.78, 5) is 0. The monoisotopic (exact) mass is 582 g/mol. The van der Waals surface area contributed by atoms with Crippen LogP contribution in [0.5, 0.6) is 0 Å². The van der Waals surface area contributed by atoms with Crippen molar-refractivity contribution in [3.63, 3.8) is 0 Å². The second-order valence-corrected chi connectivity index (χ2v) is 14.2. The molecule has 0 bridgehead atoms. The zero-order valence-electron chi connectivity index (χ0n) is 24.7. The molecule has 42 heavy (non-hydrogen) atoms. The third-order valence-corrected chi connectivity index (χ3v) is 12.6. The van der Waals surface area contributed by atoms with Crippen LogP contribution in [0.15, 0.2) is 36.0 Å². The van der Waals surface area contributed by atoms with Gasteiger partial charge < -0.3 is 24.1 Å². The molecule has 1 aromatic carbocycles. The first kappa shape index (κ1) is 27.4. The maximum atomic E-state index is 18.2. The molecule has 3 heterocycles. The Bertz CT molecular complexity index is 1470. The van der Waals surface area contributed by atoms with Gasteiger partial charge in [-0.1, -0.05) is 45.0 Å². The van der Waals surface area contributed by atoms with Crippen LogP contribution >= 0.6 is 0 Å². The van der Waals surface area contributed by atoms with E-state index < -0.39 is 46.1 Å². The van der Waals surface area contributed by atoms with Gasteiger partial charge in [-0.2, -0.15) is 5.10 Å². The van der Waals surface area contributed by atoms with Crippen LogP contribution in [-0.2, 0) is 31.9 Å². The average molecular weight is 583 g/mol. The van der Waals surface area contributed by atoms with E-state index >= 15 is 8.78 Å². The minimum absolute atomic E-state index is 0.0184. The molecule has 2 aromatic rings. The fraction of sp³-hybridized carbons (Fsp3) is 0.667. The number of allylic oxidation sites excluding steroid dienone is 1. The van der Waals surface area contributed by atoms with Gasteiger partial charge in [0.1, 0.15) is 24.0 Å². The summed E-state index contributed by atoms with van der Waals surface area (Å²) in [5.74, 6) is -2.11. The van der Waals surface area contributed by atoms with Gasteiger partial charge in [0.2, 0.25) is 5.79 Å². The van der Waals surface area contributed by atoms with E-state index in [9.17, 15) is 5.11 Å². The van der Waals surface area contributed by atoms with Crippen molar-refractivity contribution in [1.82, 2.24) is 9.78 Å². The number of aryl methyl sites for hydroxylation is 1. The number of rotatable bonds is 2. The summed E-state index contributed by atoms with van der Waals surface area (Å²) in [6, 6.07) is 8.14. The van der Waals surface area contributed by atoms with E-state index in [1.807, 2.05) is 29.8 Å². The molecular weight excluding hydrogens is 542 g/mol. The fourth-order valence-electron chi connectivity index (χ4n) is 10.7. The molecule has 1 aromatic heterocycles. The molecule has 2 aliphatic heterocycles. The molecule has 4 aliphatic carbocycles. The minimum Gasteiger partial charge on any atom is -0.390 e. The molecule has 2 saturated heterocycles. The predicted molar refractivity (Wildman–Crippen MR) is 150 cm³/mol. The van der Waals surface area contributed by atoms with E-state index in [2.05, 4.69) is 38.0 Å². The quantitative estimate of drug-likeness (QED) is 0.530. The van der Waals surface area contributed by atoms with E-state index in [0.717, 1.165) is 22.4 Å². The first-order chi connectivity index (χ1) is 20.0. The molecule has 1 unspecified atom stereocenters. The molecular formula is C33H40F2N2O5. The predicted octanol–water partition coefficient (Wildman–Crippen LogP) is 5.12. The molecule has 2 spiro atoms. The lowest BCUT2D eigenvalue weighted by molar-refractivity contribution is -0.281. The van der Waals surface area contributed by atoms with Crippen molar-refractivity contribution in [2.75, 3.05) is 20.2 Å². The number of hydrogen-bond acceptors (Lipinski definition) is 6. The van der Waals surface area contributed by atoms with Crippen molar-refractivity contribution in [1.29, 1.82) is 0 Å². The van der Waals surface area contributed by atoms with Gasteiger partial charge in [-0.05, 0) is 72.8 Å². The van der Waals surface area contributed by atoms with Gasteiger partial charge in [0.15, 0.2) is 13.6 Å². The second-order valence-electron chi connectivity index (χ2n) is 14.2. The minimum atomic E-state index is -2.02. The van der Waals surface area contributed by atoms with Gasteiger partial charge in [-0.15, -0.1) is 0 Å². The summed E-state index contributed by atoms with van der Waals surface area (Å²) >= 11 is 0. The zero-order chi connectivity index (χ0) is 29.3. The van der Waals surface area contributed by atoms with Gasteiger partial charge >= 0.3 is 0 Å². The van der Waals surface area contributed by atoms with Crippen LogP contribution in [-0.4, -0.2) is 64.4 Å². The molecule has 5 fully saturated rings. The molecule has 0 amide bonds. The molecule has 9 heteroatoms. The lowest BCUT2D eigenvalue weighted by Crippen LogP contribution is -2.73. The Labute approximate surface area is 245 Å². The molecule has 8 rings (SSSR count). The van der Waals surface area contributed by atoms with Crippen LogP contribution in [0.3, 0.4) is 0 Å². The van der Waals surface area contributed by atoms with Gasteiger partial charge in [-0.3, -0.25) is 4.68 Å². The molecule has 226 valence electrons. The van der Waals surface area contributed by atoms with Gasteiger partial charge in [-0.25, -0.2) is 8.78 Å². The highest BCUT2D eigenvalue weighted by atomic mass is 19.1. The highest BCUT2D eigenvalue weighted by Gasteiger charge is 2.82. The molecule has 10 atom stereocenters. The van der Waals surface area contributed by atoms with E-state index in [0.29, 0.717) is 18.5 Å². The Morgan fingerprint density at radius 3 is 2.64 bits per heavy atom. The molecule has 7 nitrogen and oxygen atoms in total. The highest BCUT2D eigenvalue weighted by molar-refractivity contribution is 5.62. The number of aromatic nitrogens is 2. The number of benzene rings is 1. The molecule has 1 N–H and O–H groups in total. The number of aliphatic hydroxyl groups excluding tert-OH is 1. The van der Waals surface area contributed by atoms with Gasteiger partial charge in [0, 0.05) is 16.7 Å². The Balaban J connectivity index is 1.19. The summed E-state index contributed by atoms with van der Waals surface area (Å²) in [7, 11) is 0. The summed E-state index contributed by atoms with van der Waals surface area (Å²) < 4.78 is 60.9. The fourth-order valence-corrected chi connectivity index (χ4v) is 10.7. The van der Waals surface area contributed by atoms with Crippen LogP contribution in [0.1, 0.15) is 62.4 Å². The molecule has 3 saturated carbocycles. The number of alkyl halides is 2. The Morgan fingerprint density at radius 1 is 1.10 bits per heavy atom. The second kappa shape index (κ2) is 8.72. The van der Waals surface area contributed by atoms with Crippen molar-refractivity contribution in [2.24, 2.45) is 28.6 Å².